The zero-order valence-electron chi connectivity index (χ0n) is 11.4. The molecule has 3 rings (SSSR count). The molecular formula is C16H13NO4. The van der Waals surface area contributed by atoms with Crippen molar-refractivity contribution in [3.05, 3.63) is 75.0 Å². The van der Waals surface area contributed by atoms with Gasteiger partial charge in [-0.2, -0.15) is 0 Å². The second-order valence-corrected chi connectivity index (χ2v) is 4.61. The molecule has 0 aliphatic rings. The minimum Gasteiger partial charge on any atom is -0.497 e. The molecule has 1 aromatic heterocycles. The Morgan fingerprint density at radius 2 is 1.86 bits per heavy atom. The largest absolute Gasteiger partial charge is 0.497 e. The van der Waals surface area contributed by atoms with Crippen molar-refractivity contribution in [2.75, 3.05) is 7.11 Å². The normalized spacial score (nSPS) is 10.7. The molecule has 0 atom stereocenters. The maximum absolute atomic E-state index is 12.5. The van der Waals surface area contributed by atoms with Gasteiger partial charge in [0.1, 0.15) is 11.3 Å². The number of methoxy groups -OCH3 is 1. The van der Waals surface area contributed by atoms with Gasteiger partial charge in [0, 0.05) is 0 Å². The fraction of sp³-hybridized carbons (Fsp3) is 0.125. The lowest BCUT2D eigenvalue weighted by atomic mass is 10.2. The number of ether oxygens (including phenoxy) is 1. The third kappa shape index (κ3) is 2.45. The molecule has 0 fully saturated rings. The van der Waals surface area contributed by atoms with Gasteiger partial charge in [-0.05, 0) is 23.8 Å². The molecule has 0 saturated heterocycles. The Kier molecular flexibility index (Phi) is 3.31. The number of fused-ring (bicyclic) bond motifs is 1. The van der Waals surface area contributed by atoms with Crippen LogP contribution in [0.5, 0.6) is 5.75 Å². The summed E-state index contributed by atoms with van der Waals surface area (Å²) in [6, 6.07) is 14.1. The van der Waals surface area contributed by atoms with E-state index >= 15 is 0 Å². The molecule has 0 radical (unpaired) electrons. The van der Waals surface area contributed by atoms with Crippen LogP contribution in [0.25, 0.3) is 11.0 Å². The van der Waals surface area contributed by atoms with Crippen LogP contribution in [-0.4, -0.2) is 11.7 Å². The number of rotatable bonds is 3. The Morgan fingerprint density at radius 1 is 1.10 bits per heavy atom. The highest BCUT2D eigenvalue weighted by Crippen LogP contribution is 2.16. The molecule has 1 heterocycles. The molecule has 0 saturated carbocycles. The number of aromatic nitrogens is 1. The van der Waals surface area contributed by atoms with Gasteiger partial charge >= 0.3 is 5.76 Å². The van der Waals surface area contributed by atoms with E-state index < -0.39 is 5.76 Å². The van der Waals surface area contributed by atoms with Crippen molar-refractivity contribution in [2.45, 2.75) is 6.54 Å². The van der Waals surface area contributed by atoms with Crippen LogP contribution in [0.15, 0.2) is 62.5 Å². The molecule has 0 spiro atoms. The van der Waals surface area contributed by atoms with Crippen LogP contribution in [0, 0.1) is 0 Å². The van der Waals surface area contributed by atoms with Crippen LogP contribution in [0.2, 0.25) is 0 Å². The SMILES string of the molecule is COc1ccc2oc(=O)n(Cc3ccccc3)c(=O)c2c1. The first-order valence-electron chi connectivity index (χ1n) is 6.44. The van der Waals surface area contributed by atoms with Crippen LogP contribution in [-0.2, 0) is 6.54 Å². The molecule has 0 N–H and O–H groups in total. The van der Waals surface area contributed by atoms with E-state index in [4.69, 9.17) is 9.15 Å². The van der Waals surface area contributed by atoms with Gasteiger partial charge in [-0.3, -0.25) is 4.79 Å². The highest BCUT2D eigenvalue weighted by molar-refractivity contribution is 5.77. The summed E-state index contributed by atoms with van der Waals surface area (Å²) in [7, 11) is 1.52. The van der Waals surface area contributed by atoms with E-state index in [1.165, 1.54) is 7.11 Å². The molecule has 0 bridgehead atoms. The van der Waals surface area contributed by atoms with Gasteiger partial charge in [0.15, 0.2) is 0 Å². The van der Waals surface area contributed by atoms with Crippen molar-refractivity contribution in [3.8, 4) is 5.75 Å². The average Bonchev–Trinajstić information content (AvgIpc) is 2.52. The molecule has 0 unspecified atom stereocenters. The topological polar surface area (TPSA) is 61.4 Å². The first-order chi connectivity index (χ1) is 10.2. The summed E-state index contributed by atoms with van der Waals surface area (Å²) in [5.74, 6) is -0.124. The zero-order valence-corrected chi connectivity index (χ0v) is 11.4. The Balaban J connectivity index is 2.19. The van der Waals surface area contributed by atoms with Crippen LogP contribution < -0.4 is 16.1 Å². The number of nitrogens with zero attached hydrogens (tertiary/aromatic N) is 1. The summed E-state index contributed by atoms with van der Waals surface area (Å²) in [5.41, 5.74) is 0.730. The standard InChI is InChI=1S/C16H13NO4/c1-20-12-7-8-14-13(9-12)15(18)17(16(19)21-14)10-11-5-3-2-4-6-11/h2-9H,10H2,1H3. The van der Waals surface area contributed by atoms with E-state index in [0.29, 0.717) is 11.1 Å². The molecule has 0 aliphatic heterocycles. The smallest absolute Gasteiger partial charge is 0.422 e. The maximum atomic E-state index is 12.5. The molecule has 0 amide bonds. The van der Waals surface area contributed by atoms with Crippen LogP contribution in [0.3, 0.4) is 0 Å². The lowest BCUT2D eigenvalue weighted by Gasteiger charge is -2.06. The third-order valence-corrected chi connectivity index (χ3v) is 3.26. The summed E-state index contributed by atoms with van der Waals surface area (Å²) >= 11 is 0. The summed E-state index contributed by atoms with van der Waals surface area (Å²) < 4.78 is 11.4. The highest BCUT2D eigenvalue weighted by Gasteiger charge is 2.11. The third-order valence-electron chi connectivity index (χ3n) is 3.26. The first kappa shape index (κ1) is 13.2. The summed E-state index contributed by atoms with van der Waals surface area (Å²) in [5, 5.41) is 0.324. The van der Waals surface area contributed by atoms with Gasteiger partial charge < -0.3 is 9.15 Å². The van der Waals surface area contributed by atoms with E-state index in [1.54, 1.807) is 18.2 Å². The van der Waals surface area contributed by atoms with Crippen molar-refractivity contribution < 1.29 is 9.15 Å². The van der Waals surface area contributed by atoms with Crippen molar-refractivity contribution in [2.24, 2.45) is 0 Å². The molecule has 5 nitrogen and oxygen atoms in total. The van der Waals surface area contributed by atoms with Gasteiger partial charge in [-0.15, -0.1) is 0 Å². The zero-order chi connectivity index (χ0) is 14.8. The van der Waals surface area contributed by atoms with Gasteiger partial charge in [-0.25, -0.2) is 9.36 Å². The monoisotopic (exact) mass is 283 g/mol. The number of hydrogen-bond donors (Lipinski definition) is 0. The van der Waals surface area contributed by atoms with E-state index in [-0.39, 0.29) is 17.7 Å². The molecule has 21 heavy (non-hydrogen) atoms. The minimum absolute atomic E-state index is 0.176. The second kappa shape index (κ2) is 5.28. The quantitative estimate of drug-likeness (QED) is 0.737. The summed E-state index contributed by atoms with van der Waals surface area (Å²) in [6.45, 7) is 0.176. The average molecular weight is 283 g/mol. The van der Waals surface area contributed by atoms with Gasteiger partial charge in [-0.1, -0.05) is 30.3 Å². The lowest BCUT2D eigenvalue weighted by Crippen LogP contribution is -2.32. The Morgan fingerprint density at radius 3 is 2.57 bits per heavy atom. The molecule has 106 valence electrons. The van der Waals surface area contributed by atoms with Gasteiger partial charge in [0.25, 0.3) is 5.56 Å². The van der Waals surface area contributed by atoms with E-state index in [1.807, 2.05) is 30.3 Å². The fourth-order valence-electron chi connectivity index (χ4n) is 2.17. The van der Waals surface area contributed by atoms with Gasteiger partial charge in [0.05, 0.1) is 19.0 Å². The number of benzene rings is 2. The summed E-state index contributed by atoms with van der Waals surface area (Å²) in [4.78, 5) is 24.4. The van der Waals surface area contributed by atoms with Crippen LogP contribution >= 0.6 is 0 Å². The Bertz CT molecular complexity index is 894. The van der Waals surface area contributed by atoms with E-state index in [9.17, 15) is 9.59 Å². The Hall–Kier alpha value is -2.82. The Labute approximate surface area is 120 Å². The van der Waals surface area contributed by atoms with Crippen molar-refractivity contribution in [3.63, 3.8) is 0 Å². The first-order valence-corrected chi connectivity index (χ1v) is 6.44. The molecule has 5 heteroatoms. The second-order valence-electron chi connectivity index (χ2n) is 4.61. The van der Waals surface area contributed by atoms with Crippen LogP contribution in [0.1, 0.15) is 5.56 Å². The highest BCUT2D eigenvalue weighted by atomic mass is 16.5. The molecule has 3 aromatic rings. The van der Waals surface area contributed by atoms with Crippen molar-refractivity contribution in [1.82, 2.24) is 4.57 Å². The number of hydrogen-bond acceptors (Lipinski definition) is 4. The molecule has 0 aliphatic carbocycles. The van der Waals surface area contributed by atoms with E-state index in [2.05, 4.69) is 0 Å². The van der Waals surface area contributed by atoms with Crippen molar-refractivity contribution in [1.29, 1.82) is 0 Å². The van der Waals surface area contributed by atoms with Crippen LogP contribution in [0.4, 0.5) is 0 Å². The predicted molar refractivity (Wildman–Crippen MR) is 78.8 cm³/mol. The van der Waals surface area contributed by atoms with Gasteiger partial charge in [0.2, 0.25) is 0 Å². The lowest BCUT2D eigenvalue weighted by molar-refractivity contribution is 0.414. The van der Waals surface area contributed by atoms with E-state index in [0.717, 1.165) is 10.1 Å². The fourth-order valence-corrected chi connectivity index (χ4v) is 2.17. The van der Waals surface area contributed by atoms with Crippen molar-refractivity contribution >= 4 is 11.0 Å². The maximum Gasteiger partial charge on any atom is 0.422 e. The molecular weight excluding hydrogens is 270 g/mol. The minimum atomic E-state index is -0.665. The molecule has 2 aromatic carbocycles. The predicted octanol–water partition coefficient (Wildman–Crippen LogP) is 2.01. The summed E-state index contributed by atoms with van der Waals surface area (Å²) in [6.07, 6.45) is 0.